The van der Waals surface area contributed by atoms with Crippen LogP contribution in [0.15, 0.2) is 30.3 Å². The van der Waals surface area contributed by atoms with Crippen molar-refractivity contribution >= 4 is 11.8 Å². The third kappa shape index (κ3) is 4.29. The number of likely N-dealkylation sites (tertiary alicyclic amines) is 1. The molecule has 2 N–H and O–H groups in total. The first-order valence-corrected chi connectivity index (χ1v) is 7.29. The van der Waals surface area contributed by atoms with Crippen LogP contribution in [-0.2, 0) is 25.7 Å². The molecule has 1 heterocycles. The van der Waals surface area contributed by atoms with Crippen LogP contribution < -0.4 is 5.73 Å². The van der Waals surface area contributed by atoms with Crippen molar-refractivity contribution in [3.05, 3.63) is 35.9 Å². The van der Waals surface area contributed by atoms with Crippen LogP contribution in [0.1, 0.15) is 5.56 Å². The maximum atomic E-state index is 12.2. The van der Waals surface area contributed by atoms with Gasteiger partial charge in [-0.1, -0.05) is 30.3 Å². The lowest BCUT2D eigenvalue weighted by Gasteiger charge is -2.16. The van der Waals surface area contributed by atoms with E-state index >= 15 is 0 Å². The summed E-state index contributed by atoms with van der Waals surface area (Å²) >= 11 is 0. The number of methoxy groups -OCH3 is 1. The van der Waals surface area contributed by atoms with Crippen molar-refractivity contribution in [2.75, 3.05) is 33.4 Å². The molecule has 1 aliphatic heterocycles. The second kappa shape index (κ2) is 7.91. The first-order chi connectivity index (χ1) is 10.6. The van der Waals surface area contributed by atoms with E-state index in [9.17, 15) is 9.59 Å². The molecule has 0 aromatic heterocycles. The number of amides is 2. The van der Waals surface area contributed by atoms with Crippen LogP contribution >= 0.6 is 0 Å². The van der Waals surface area contributed by atoms with Gasteiger partial charge >= 0.3 is 0 Å². The lowest BCUT2D eigenvalue weighted by Crippen LogP contribution is -2.34. The second-order valence-corrected chi connectivity index (χ2v) is 5.50. The summed E-state index contributed by atoms with van der Waals surface area (Å²) in [5.41, 5.74) is 6.41. The van der Waals surface area contributed by atoms with Gasteiger partial charge in [0.05, 0.1) is 19.1 Å². The third-order valence-corrected chi connectivity index (χ3v) is 3.88. The van der Waals surface area contributed by atoms with Crippen molar-refractivity contribution < 1.29 is 19.1 Å². The summed E-state index contributed by atoms with van der Waals surface area (Å²) in [5, 5.41) is 0. The van der Waals surface area contributed by atoms with Gasteiger partial charge in [-0.3, -0.25) is 9.59 Å². The van der Waals surface area contributed by atoms with E-state index in [0.717, 1.165) is 5.56 Å². The first-order valence-electron chi connectivity index (χ1n) is 7.29. The fraction of sp³-hybridized carbons (Fsp3) is 0.500. The van der Waals surface area contributed by atoms with E-state index in [1.807, 2.05) is 30.3 Å². The Morgan fingerprint density at radius 1 is 1.27 bits per heavy atom. The zero-order valence-electron chi connectivity index (χ0n) is 12.7. The molecule has 6 nitrogen and oxygen atoms in total. The van der Waals surface area contributed by atoms with Crippen molar-refractivity contribution in [1.82, 2.24) is 4.90 Å². The molecular weight excluding hydrogens is 284 g/mol. The van der Waals surface area contributed by atoms with Crippen molar-refractivity contribution in [3.8, 4) is 0 Å². The Labute approximate surface area is 130 Å². The number of rotatable bonds is 7. The SMILES string of the molecule is COC[C@@H]1CN(C(=O)COCc2ccccc2)C[C@H]1C(N)=O. The molecule has 2 atom stereocenters. The van der Waals surface area contributed by atoms with Gasteiger partial charge in [-0.2, -0.15) is 0 Å². The lowest BCUT2D eigenvalue weighted by atomic mass is 9.96. The molecule has 0 radical (unpaired) electrons. The number of nitrogens with zero attached hydrogens (tertiary/aromatic N) is 1. The molecule has 1 fully saturated rings. The standard InChI is InChI=1S/C16H22N2O4/c1-21-10-13-7-18(8-14(13)16(17)20)15(19)11-22-9-12-5-3-2-4-6-12/h2-6,13-14H,7-11H2,1H3,(H2,17,20)/t13-,14+/m0/s1. The second-order valence-electron chi connectivity index (χ2n) is 5.50. The molecule has 2 rings (SSSR count). The van der Waals surface area contributed by atoms with Crippen LogP contribution in [0.2, 0.25) is 0 Å². The van der Waals surface area contributed by atoms with Crippen LogP contribution in [0.25, 0.3) is 0 Å². The van der Waals surface area contributed by atoms with Gasteiger partial charge < -0.3 is 20.1 Å². The van der Waals surface area contributed by atoms with E-state index in [1.165, 1.54) is 0 Å². The highest BCUT2D eigenvalue weighted by Crippen LogP contribution is 2.23. The number of carbonyl (C=O) groups excluding carboxylic acids is 2. The van der Waals surface area contributed by atoms with Crippen molar-refractivity contribution in [1.29, 1.82) is 0 Å². The Hall–Kier alpha value is -1.92. The smallest absolute Gasteiger partial charge is 0.248 e. The van der Waals surface area contributed by atoms with Crippen molar-refractivity contribution in [2.45, 2.75) is 6.61 Å². The summed E-state index contributed by atoms with van der Waals surface area (Å²) in [4.78, 5) is 25.2. The van der Waals surface area contributed by atoms with Gasteiger partial charge in [-0.15, -0.1) is 0 Å². The van der Waals surface area contributed by atoms with E-state index in [1.54, 1.807) is 12.0 Å². The summed E-state index contributed by atoms with van der Waals surface area (Å²) in [5.74, 6) is -0.901. The summed E-state index contributed by atoms with van der Waals surface area (Å²) in [6.45, 7) is 1.63. The Morgan fingerprint density at radius 2 is 2.00 bits per heavy atom. The maximum absolute atomic E-state index is 12.2. The van der Waals surface area contributed by atoms with Crippen LogP contribution in [0.4, 0.5) is 0 Å². The predicted molar refractivity (Wildman–Crippen MR) is 80.7 cm³/mol. The number of carbonyl (C=O) groups is 2. The Kier molecular flexibility index (Phi) is 5.91. The number of nitrogens with two attached hydrogens (primary N) is 1. The van der Waals surface area contributed by atoms with Crippen LogP contribution in [0, 0.1) is 11.8 Å². The number of ether oxygens (including phenoxy) is 2. The number of benzene rings is 1. The van der Waals surface area contributed by atoms with E-state index in [0.29, 0.717) is 26.3 Å². The molecule has 1 saturated heterocycles. The zero-order chi connectivity index (χ0) is 15.9. The van der Waals surface area contributed by atoms with Gasteiger partial charge in [-0.25, -0.2) is 0 Å². The molecule has 0 spiro atoms. The maximum Gasteiger partial charge on any atom is 0.248 e. The van der Waals surface area contributed by atoms with E-state index in [-0.39, 0.29) is 30.3 Å². The van der Waals surface area contributed by atoms with Crippen molar-refractivity contribution in [3.63, 3.8) is 0 Å². The first kappa shape index (κ1) is 16.5. The highest BCUT2D eigenvalue weighted by atomic mass is 16.5. The molecule has 0 saturated carbocycles. The van der Waals surface area contributed by atoms with Crippen molar-refractivity contribution in [2.24, 2.45) is 17.6 Å². The average Bonchev–Trinajstić information content (AvgIpc) is 2.93. The van der Waals surface area contributed by atoms with Crippen LogP contribution in [-0.4, -0.2) is 50.1 Å². The number of primary amides is 1. The lowest BCUT2D eigenvalue weighted by molar-refractivity contribution is -0.135. The topological polar surface area (TPSA) is 81.9 Å². The fourth-order valence-electron chi connectivity index (χ4n) is 2.70. The highest BCUT2D eigenvalue weighted by Gasteiger charge is 2.38. The minimum atomic E-state index is -0.387. The fourth-order valence-corrected chi connectivity index (χ4v) is 2.70. The molecule has 1 aromatic rings. The summed E-state index contributed by atoms with van der Waals surface area (Å²) in [6.07, 6.45) is 0. The normalized spacial score (nSPS) is 21.0. The molecule has 120 valence electrons. The quantitative estimate of drug-likeness (QED) is 0.791. The number of hydrogen-bond acceptors (Lipinski definition) is 4. The monoisotopic (exact) mass is 306 g/mol. The predicted octanol–water partition coefficient (Wildman–Crippen LogP) is 0.410. The van der Waals surface area contributed by atoms with Gasteiger partial charge in [0.15, 0.2) is 0 Å². The molecule has 22 heavy (non-hydrogen) atoms. The van der Waals surface area contributed by atoms with Gasteiger partial charge in [0.1, 0.15) is 6.61 Å². The van der Waals surface area contributed by atoms with Gasteiger partial charge in [0, 0.05) is 26.1 Å². The molecule has 1 aromatic carbocycles. The molecular formula is C16H22N2O4. The van der Waals surface area contributed by atoms with Gasteiger partial charge in [0.2, 0.25) is 11.8 Å². The molecule has 2 amide bonds. The van der Waals surface area contributed by atoms with E-state index in [2.05, 4.69) is 0 Å². The highest BCUT2D eigenvalue weighted by molar-refractivity contribution is 5.82. The largest absolute Gasteiger partial charge is 0.384 e. The van der Waals surface area contributed by atoms with E-state index in [4.69, 9.17) is 15.2 Å². The third-order valence-electron chi connectivity index (χ3n) is 3.88. The van der Waals surface area contributed by atoms with Gasteiger partial charge in [-0.05, 0) is 5.56 Å². The zero-order valence-corrected chi connectivity index (χ0v) is 12.7. The van der Waals surface area contributed by atoms with Gasteiger partial charge in [0.25, 0.3) is 0 Å². The summed E-state index contributed by atoms with van der Waals surface area (Å²) in [7, 11) is 1.57. The number of hydrogen-bond donors (Lipinski definition) is 1. The van der Waals surface area contributed by atoms with Crippen LogP contribution in [0.3, 0.4) is 0 Å². The van der Waals surface area contributed by atoms with Crippen LogP contribution in [0.5, 0.6) is 0 Å². The average molecular weight is 306 g/mol. The Bertz CT molecular complexity index is 506. The molecule has 1 aliphatic rings. The Morgan fingerprint density at radius 3 is 2.64 bits per heavy atom. The Balaban J connectivity index is 1.81. The van der Waals surface area contributed by atoms with E-state index < -0.39 is 0 Å². The molecule has 0 aliphatic carbocycles. The molecule has 6 heteroatoms. The minimum absolute atomic E-state index is 0.0000777. The summed E-state index contributed by atoms with van der Waals surface area (Å²) in [6, 6.07) is 9.66. The minimum Gasteiger partial charge on any atom is -0.384 e. The molecule has 0 bridgehead atoms. The molecule has 0 unspecified atom stereocenters. The summed E-state index contributed by atoms with van der Waals surface area (Å²) < 4.78 is 10.5.